The van der Waals surface area contributed by atoms with Crippen molar-refractivity contribution in [1.29, 1.82) is 0 Å². The summed E-state index contributed by atoms with van der Waals surface area (Å²) >= 11 is 5.76. The number of hydrogen-bond acceptors (Lipinski definition) is 1. The van der Waals surface area contributed by atoms with Crippen LogP contribution in [0.4, 0.5) is 13.2 Å². The van der Waals surface area contributed by atoms with Gasteiger partial charge in [-0.1, -0.05) is 35.9 Å². The summed E-state index contributed by atoms with van der Waals surface area (Å²) in [5.41, 5.74) is 0.193. The fourth-order valence-corrected chi connectivity index (χ4v) is 2.05. The maximum Gasteiger partial charge on any atom is 0.416 e. The molecule has 0 aromatic heterocycles. The molecule has 0 saturated carbocycles. The highest BCUT2D eigenvalue weighted by atomic mass is 35.5. The molecule has 0 N–H and O–H groups in total. The monoisotopic (exact) mass is 312 g/mol. The first-order chi connectivity index (χ1) is 9.86. The number of Topliss-reactive ketones (excluding diaryl/α,β-unsaturated/α-hetero) is 1. The lowest BCUT2D eigenvalue weighted by Crippen LogP contribution is -2.08. The van der Waals surface area contributed by atoms with Crippen molar-refractivity contribution >= 4 is 17.4 Å². The van der Waals surface area contributed by atoms with Gasteiger partial charge in [0.1, 0.15) is 0 Å². The third-order valence-corrected chi connectivity index (χ3v) is 3.32. The van der Waals surface area contributed by atoms with E-state index in [9.17, 15) is 18.0 Å². The molecule has 0 aliphatic carbocycles. The summed E-state index contributed by atoms with van der Waals surface area (Å²) in [7, 11) is 0. The SMILES string of the molecule is O=C(CCc1ccc(Cl)cc1)c1cccc(C(F)(F)F)c1. The Bertz CT molecular complexity index is 633. The number of ketones is 1. The van der Waals surface area contributed by atoms with Gasteiger partial charge in [0, 0.05) is 17.0 Å². The molecule has 2 aromatic rings. The van der Waals surface area contributed by atoms with Crippen molar-refractivity contribution in [3.05, 3.63) is 70.2 Å². The summed E-state index contributed by atoms with van der Waals surface area (Å²) in [5, 5.41) is 0.600. The number of aryl methyl sites for hydroxylation is 1. The summed E-state index contributed by atoms with van der Waals surface area (Å²) in [6, 6.07) is 11.5. The van der Waals surface area contributed by atoms with Crippen LogP contribution in [0, 0.1) is 0 Å². The molecule has 2 aromatic carbocycles. The van der Waals surface area contributed by atoms with Crippen LogP contribution in [0.1, 0.15) is 27.9 Å². The molecule has 0 radical (unpaired) electrons. The van der Waals surface area contributed by atoms with Crippen LogP contribution in [-0.4, -0.2) is 5.78 Å². The van der Waals surface area contributed by atoms with Gasteiger partial charge in [-0.3, -0.25) is 4.79 Å². The van der Waals surface area contributed by atoms with E-state index < -0.39 is 11.7 Å². The van der Waals surface area contributed by atoms with Gasteiger partial charge in [-0.05, 0) is 36.2 Å². The van der Waals surface area contributed by atoms with Gasteiger partial charge in [0.25, 0.3) is 0 Å². The Hall–Kier alpha value is -1.81. The molecule has 110 valence electrons. The molecule has 0 aliphatic rings. The topological polar surface area (TPSA) is 17.1 Å². The van der Waals surface area contributed by atoms with Crippen molar-refractivity contribution in [2.75, 3.05) is 0 Å². The zero-order valence-corrected chi connectivity index (χ0v) is 11.7. The molecule has 0 saturated heterocycles. The van der Waals surface area contributed by atoms with Crippen LogP contribution < -0.4 is 0 Å². The zero-order valence-electron chi connectivity index (χ0n) is 11.0. The Morgan fingerprint density at radius 1 is 1.05 bits per heavy atom. The van der Waals surface area contributed by atoms with Gasteiger partial charge < -0.3 is 0 Å². The molecule has 0 fully saturated rings. The maximum absolute atomic E-state index is 12.6. The lowest BCUT2D eigenvalue weighted by Gasteiger charge is -2.08. The van der Waals surface area contributed by atoms with E-state index >= 15 is 0 Å². The summed E-state index contributed by atoms with van der Waals surface area (Å²) in [6.45, 7) is 0. The highest BCUT2D eigenvalue weighted by Crippen LogP contribution is 2.29. The minimum Gasteiger partial charge on any atom is -0.294 e. The van der Waals surface area contributed by atoms with Crippen LogP contribution in [-0.2, 0) is 12.6 Å². The number of alkyl halides is 3. The van der Waals surface area contributed by atoms with E-state index in [2.05, 4.69) is 0 Å². The van der Waals surface area contributed by atoms with Crippen molar-refractivity contribution in [2.45, 2.75) is 19.0 Å². The normalized spacial score (nSPS) is 11.4. The Morgan fingerprint density at radius 3 is 2.33 bits per heavy atom. The second kappa shape index (κ2) is 6.31. The van der Waals surface area contributed by atoms with Gasteiger partial charge in [0.15, 0.2) is 5.78 Å². The van der Waals surface area contributed by atoms with Crippen LogP contribution in [0.25, 0.3) is 0 Å². The summed E-state index contributed by atoms with van der Waals surface area (Å²) in [4.78, 5) is 12.0. The van der Waals surface area contributed by atoms with Crippen LogP contribution in [0.2, 0.25) is 5.02 Å². The van der Waals surface area contributed by atoms with Gasteiger partial charge >= 0.3 is 6.18 Å². The molecule has 21 heavy (non-hydrogen) atoms. The molecule has 0 unspecified atom stereocenters. The molecule has 0 amide bonds. The van der Waals surface area contributed by atoms with E-state index in [4.69, 9.17) is 11.6 Å². The van der Waals surface area contributed by atoms with E-state index in [0.29, 0.717) is 11.4 Å². The maximum atomic E-state index is 12.6. The molecule has 0 aliphatic heterocycles. The highest BCUT2D eigenvalue weighted by molar-refractivity contribution is 6.30. The van der Waals surface area contributed by atoms with Gasteiger partial charge in [0.2, 0.25) is 0 Å². The standard InChI is InChI=1S/C16H12ClF3O/c17-14-7-4-11(5-8-14)6-9-15(21)12-2-1-3-13(10-12)16(18,19)20/h1-5,7-8,10H,6,9H2. The highest BCUT2D eigenvalue weighted by Gasteiger charge is 2.30. The number of benzene rings is 2. The Kier molecular flexibility index (Phi) is 4.68. The molecular weight excluding hydrogens is 301 g/mol. The lowest BCUT2D eigenvalue weighted by molar-refractivity contribution is -0.137. The van der Waals surface area contributed by atoms with Gasteiger partial charge in [-0.2, -0.15) is 13.2 Å². The van der Waals surface area contributed by atoms with Crippen molar-refractivity contribution in [3.63, 3.8) is 0 Å². The third-order valence-electron chi connectivity index (χ3n) is 3.07. The van der Waals surface area contributed by atoms with E-state index in [1.165, 1.54) is 12.1 Å². The summed E-state index contributed by atoms with van der Waals surface area (Å²) in [6.07, 6.45) is -3.82. The number of rotatable bonds is 4. The molecule has 2 rings (SSSR count). The Balaban J connectivity index is 2.05. The quantitative estimate of drug-likeness (QED) is 0.711. The fourth-order valence-electron chi connectivity index (χ4n) is 1.92. The number of hydrogen-bond donors (Lipinski definition) is 0. The first-order valence-electron chi connectivity index (χ1n) is 6.31. The molecule has 5 heteroatoms. The minimum absolute atomic E-state index is 0.0822. The predicted octanol–water partition coefficient (Wildman–Crippen LogP) is 5.17. The number of carbonyl (C=O) groups is 1. The van der Waals surface area contributed by atoms with Crippen molar-refractivity contribution in [1.82, 2.24) is 0 Å². The average Bonchev–Trinajstić information content (AvgIpc) is 2.45. The Labute approximate surface area is 125 Å². The molecule has 0 heterocycles. The average molecular weight is 313 g/mol. The van der Waals surface area contributed by atoms with Gasteiger partial charge in [-0.15, -0.1) is 0 Å². The summed E-state index contributed by atoms with van der Waals surface area (Å²) in [5.74, 6) is -0.309. The Morgan fingerprint density at radius 2 is 1.71 bits per heavy atom. The van der Waals surface area contributed by atoms with Crippen molar-refractivity contribution in [2.24, 2.45) is 0 Å². The largest absolute Gasteiger partial charge is 0.416 e. The molecule has 0 spiro atoms. The molecule has 0 atom stereocenters. The zero-order chi connectivity index (χ0) is 15.5. The molecule has 1 nitrogen and oxygen atoms in total. The second-order valence-corrected chi connectivity index (χ2v) is 5.06. The smallest absolute Gasteiger partial charge is 0.294 e. The van der Waals surface area contributed by atoms with Crippen LogP contribution >= 0.6 is 11.6 Å². The van der Waals surface area contributed by atoms with E-state index in [1.54, 1.807) is 24.3 Å². The first-order valence-corrected chi connectivity index (χ1v) is 6.69. The van der Waals surface area contributed by atoms with Crippen LogP contribution in [0.5, 0.6) is 0 Å². The van der Waals surface area contributed by atoms with Crippen molar-refractivity contribution in [3.8, 4) is 0 Å². The van der Waals surface area contributed by atoms with E-state index in [0.717, 1.165) is 17.7 Å². The fraction of sp³-hybridized carbons (Fsp3) is 0.188. The predicted molar refractivity (Wildman–Crippen MR) is 75.5 cm³/mol. The third kappa shape index (κ3) is 4.33. The second-order valence-electron chi connectivity index (χ2n) is 4.63. The van der Waals surface area contributed by atoms with Gasteiger partial charge in [0.05, 0.1) is 5.56 Å². The van der Waals surface area contributed by atoms with Crippen LogP contribution in [0.3, 0.4) is 0 Å². The molecular formula is C16H12ClF3O. The summed E-state index contributed by atoms with van der Waals surface area (Å²) < 4.78 is 37.8. The lowest BCUT2D eigenvalue weighted by atomic mass is 10.0. The van der Waals surface area contributed by atoms with E-state index in [-0.39, 0.29) is 17.8 Å². The van der Waals surface area contributed by atoms with Gasteiger partial charge in [-0.25, -0.2) is 0 Å². The van der Waals surface area contributed by atoms with Crippen LogP contribution in [0.15, 0.2) is 48.5 Å². The minimum atomic E-state index is -4.44. The number of carbonyl (C=O) groups excluding carboxylic acids is 1. The van der Waals surface area contributed by atoms with Crippen molar-refractivity contribution < 1.29 is 18.0 Å². The first kappa shape index (κ1) is 15.6. The van der Waals surface area contributed by atoms with E-state index in [1.807, 2.05) is 0 Å². The molecule has 0 bridgehead atoms. The number of halogens is 4.